The first-order chi connectivity index (χ1) is 10.2. The summed E-state index contributed by atoms with van der Waals surface area (Å²) < 4.78 is 25.7. The number of hydrogen-bond donors (Lipinski definition) is 0. The molecule has 2 aromatic carbocycles. The molecule has 0 atom stereocenters. The number of hydrogen-bond acceptors (Lipinski definition) is 2. The topological polar surface area (TPSA) is 37.4 Å². The van der Waals surface area contributed by atoms with Gasteiger partial charge in [-0.1, -0.05) is 35.3 Å². The number of nitrogens with zero attached hydrogens (tertiary/aromatic N) is 1. The van der Waals surface area contributed by atoms with E-state index in [0.29, 0.717) is 15.7 Å². The van der Waals surface area contributed by atoms with Crippen LogP contribution in [-0.2, 0) is 16.6 Å². The Balaban J connectivity index is 2.42. The summed E-state index contributed by atoms with van der Waals surface area (Å²) in [6.07, 6.45) is 1.19. The van der Waals surface area contributed by atoms with Crippen molar-refractivity contribution in [3.63, 3.8) is 0 Å². The molecular weight excluding hydrogens is 341 g/mol. The monoisotopic (exact) mass is 357 g/mol. The van der Waals surface area contributed by atoms with Crippen molar-refractivity contribution in [2.75, 3.05) is 10.6 Å². The van der Waals surface area contributed by atoms with Gasteiger partial charge in [0.15, 0.2) is 0 Å². The lowest BCUT2D eigenvalue weighted by molar-refractivity contribution is 0.596. The largest absolute Gasteiger partial charge is 0.266 e. The van der Waals surface area contributed by atoms with Gasteiger partial charge in [0.2, 0.25) is 10.0 Å². The first-order valence-electron chi connectivity index (χ1n) is 6.67. The Hall–Kier alpha value is -1.23. The highest BCUT2D eigenvalue weighted by atomic mass is 35.5. The van der Waals surface area contributed by atoms with Gasteiger partial charge in [-0.3, -0.25) is 4.31 Å². The van der Waals surface area contributed by atoms with Crippen molar-refractivity contribution >= 4 is 38.9 Å². The molecule has 2 aromatic rings. The van der Waals surface area contributed by atoms with Crippen LogP contribution in [0.4, 0.5) is 5.69 Å². The number of halogens is 2. The molecule has 2 rings (SSSR count). The van der Waals surface area contributed by atoms with Gasteiger partial charge in [-0.15, -0.1) is 0 Å². The molecule has 0 amide bonds. The second-order valence-corrected chi connectivity index (χ2v) is 8.01. The van der Waals surface area contributed by atoms with Crippen LogP contribution < -0.4 is 4.31 Å². The van der Waals surface area contributed by atoms with Crippen LogP contribution in [0.1, 0.15) is 16.7 Å². The highest BCUT2D eigenvalue weighted by Crippen LogP contribution is 2.27. The number of sulfonamides is 1. The van der Waals surface area contributed by atoms with Crippen molar-refractivity contribution in [2.24, 2.45) is 0 Å². The molecule has 118 valence electrons. The molecule has 0 saturated carbocycles. The molecule has 0 aliphatic heterocycles. The van der Waals surface area contributed by atoms with Gasteiger partial charge in [-0.25, -0.2) is 8.42 Å². The maximum Gasteiger partial charge on any atom is 0.232 e. The summed E-state index contributed by atoms with van der Waals surface area (Å²) in [5.41, 5.74) is 3.57. The predicted octanol–water partition coefficient (Wildman–Crippen LogP) is 4.58. The Morgan fingerprint density at radius 2 is 1.64 bits per heavy atom. The first-order valence-corrected chi connectivity index (χ1v) is 9.28. The van der Waals surface area contributed by atoms with E-state index in [4.69, 9.17) is 23.2 Å². The lowest BCUT2D eigenvalue weighted by Crippen LogP contribution is -2.29. The van der Waals surface area contributed by atoms with E-state index in [9.17, 15) is 8.42 Å². The summed E-state index contributed by atoms with van der Waals surface area (Å²) in [5, 5.41) is 0.857. The highest BCUT2D eigenvalue weighted by molar-refractivity contribution is 7.92. The number of rotatable bonds is 4. The van der Waals surface area contributed by atoms with E-state index in [1.165, 1.54) is 10.6 Å². The van der Waals surface area contributed by atoms with E-state index in [0.717, 1.165) is 16.7 Å². The molecule has 0 aromatic heterocycles. The normalized spacial score (nSPS) is 11.5. The average molecular weight is 358 g/mol. The summed E-state index contributed by atoms with van der Waals surface area (Å²) in [4.78, 5) is 0. The second-order valence-electron chi connectivity index (χ2n) is 5.29. The molecule has 3 nitrogen and oxygen atoms in total. The minimum absolute atomic E-state index is 0.207. The summed E-state index contributed by atoms with van der Waals surface area (Å²) in [7, 11) is -3.41. The molecule has 6 heteroatoms. The number of anilines is 1. The summed E-state index contributed by atoms with van der Waals surface area (Å²) in [6.45, 7) is 4.15. The van der Waals surface area contributed by atoms with Crippen LogP contribution in [-0.4, -0.2) is 14.7 Å². The SMILES string of the molecule is Cc1ccc(N(Cc2ccc(Cl)c(Cl)c2)S(C)(=O)=O)cc1C. The van der Waals surface area contributed by atoms with Gasteiger partial charge < -0.3 is 0 Å². The zero-order valence-corrected chi connectivity index (χ0v) is 14.9. The summed E-state index contributed by atoms with van der Waals surface area (Å²) in [5.74, 6) is 0. The van der Waals surface area contributed by atoms with Gasteiger partial charge in [0, 0.05) is 0 Å². The fourth-order valence-corrected chi connectivity index (χ4v) is 3.29. The predicted molar refractivity (Wildman–Crippen MR) is 93.4 cm³/mol. The molecule has 0 aliphatic rings. The van der Waals surface area contributed by atoms with Crippen molar-refractivity contribution in [3.05, 3.63) is 63.1 Å². The molecular formula is C16H17Cl2NO2S. The molecule has 0 spiro atoms. The van der Waals surface area contributed by atoms with Crippen molar-refractivity contribution in [1.82, 2.24) is 0 Å². The maximum absolute atomic E-state index is 12.2. The average Bonchev–Trinajstić information content (AvgIpc) is 2.42. The molecule has 0 radical (unpaired) electrons. The van der Waals surface area contributed by atoms with Gasteiger partial charge in [0.1, 0.15) is 0 Å². The molecule has 0 saturated heterocycles. The minimum Gasteiger partial charge on any atom is -0.266 e. The van der Waals surface area contributed by atoms with Crippen molar-refractivity contribution in [2.45, 2.75) is 20.4 Å². The van der Waals surface area contributed by atoms with Gasteiger partial charge in [0.05, 0.1) is 28.5 Å². The lowest BCUT2D eigenvalue weighted by atomic mass is 10.1. The third kappa shape index (κ3) is 3.94. The van der Waals surface area contributed by atoms with Gasteiger partial charge in [-0.2, -0.15) is 0 Å². The van der Waals surface area contributed by atoms with Crippen molar-refractivity contribution in [3.8, 4) is 0 Å². The van der Waals surface area contributed by atoms with E-state index in [-0.39, 0.29) is 6.54 Å². The zero-order chi connectivity index (χ0) is 16.5. The van der Waals surface area contributed by atoms with E-state index in [1.807, 2.05) is 26.0 Å². The third-order valence-electron chi connectivity index (χ3n) is 3.49. The Morgan fingerprint density at radius 1 is 0.955 bits per heavy atom. The standard InChI is InChI=1S/C16H17Cl2NO2S/c1-11-4-6-14(8-12(11)2)19(22(3,20)21)10-13-5-7-15(17)16(18)9-13/h4-9H,10H2,1-3H3. The van der Waals surface area contributed by atoms with Crippen LogP contribution in [0.5, 0.6) is 0 Å². The summed E-state index contributed by atoms with van der Waals surface area (Å²) in [6, 6.07) is 10.7. The maximum atomic E-state index is 12.2. The third-order valence-corrected chi connectivity index (χ3v) is 5.37. The minimum atomic E-state index is -3.41. The Kier molecular flexibility index (Phi) is 5.05. The number of aryl methyl sites for hydroxylation is 2. The Labute approximate surface area is 141 Å². The Morgan fingerprint density at radius 3 is 2.18 bits per heavy atom. The van der Waals surface area contributed by atoms with E-state index in [2.05, 4.69) is 0 Å². The van der Waals surface area contributed by atoms with Crippen LogP contribution in [0.15, 0.2) is 36.4 Å². The molecule has 22 heavy (non-hydrogen) atoms. The highest BCUT2D eigenvalue weighted by Gasteiger charge is 2.18. The fourth-order valence-electron chi connectivity index (χ4n) is 2.08. The first kappa shape index (κ1) is 17.1. The molecule has 0 N–H and O–H groups in total. The zero-order valence-electron chi connectivity index (χ0n) is 12.6. The molecule has 0 fully saturated rings. The van der Waals surface area contributed by atoms with E-state index < -0.39 is 10.0 Å². The molecule has 0 unspecified atom stereocenters. The summed E-state index contributed by atoms with van der Waals surface area (Å²) >= 11 is 11.9. The van der Waals surface area contributed by atoms with Crippen molar-refractivity contribution in [1.29, 1.82) is 0 Å². The molecule has 0 heterocycles. The van der Waals surface area contributed by atoms with E-state index in [1.54, 1.807) is 24.3 Å². The number of benzene rings is 2. The molecule has 0 bridgehead atoms. The quantitative estimate of drug-likeness (QED) is 0.803. The van der Waals surface area contributed by atoms with Crippen LogP contribution in [0.2, 0.25) is 10.0 Å². The second kappa shape index (κ2) is 6.49. The Bertz CT molecular complexity index is 804. The smallest absolute Gasteiger partial charge is 0.232 e. The van der Waals surface area contributed by atoms with Crippen LogP contribution in [0.25, 0.3) is 0 Å². The van der Waals surface area contributed by atoms with Crippen LogP contribution >= 0.6 is 23.2 Å². The van der Waals surface area contributed by atoms with Gasteiger partial charge >= 0.3 is 0 Å². The fraction of sp³-hybridized carbons (Fsp3) is 0.250. The van der Waals surface area contributed by atoms with Crippen LogP contribution in [0, 0.1) is 13.8 Å². The van der Waals surface area contributed by atoms with E-state index >= 15 is 0 Å². The lowest BCUT2D eigenvalue weighted by Gasteiger charge is -2.23. The van der Waals surface area contributed by atoms with Gasteiger partial charge in [0.25, 0.3) is 0 Å². The van der Waals surface area contributed by atoms with Crippen molar-refractivity contribution < 1.29 is 8.42 Å². The van der Waals surface area contributed by atoms with Crippen LogP contribution in [0.3, 0.4) is 0 Å². The van der Waals surface area contributed by atoms with Gasteiger partial charge in [-0.05, 0) is 54.8 Å². The molecule has 0 aliphatic carbocycles.